The van der Waals surface area contributed by atoms with Gasteiger partial charge in [-0.3, -0.25) is 9.59 Å². The second kappa shape index (κ2) is 12.3. The third kappa shape index (κ3) is 7.50. The van der Waals surface area contributed by atoms with Crippen LogP contribution in [-0.2, 0) is 22.6 Å². The van der Waals surface area contributed by atoms with Crippen molar-refractivity contribution in [3.8, 4) is 0 Å². The summed E-state index contributed by atoms with van der Waals surface area (Å²) in [5, 5.41) is 2.94. The number of rotatable bonds is 10. The highest BCUT2D eigenvalue weighted by atomic mass is 32.2. The largest absolute Gasteiger partial charge is 0.355 e. The van der Waals surface area contributed by atoms with Gasteiger partial charge in [0.1, 0.15) is 6.04 Å². The lowest BCUT2D eigenvalue weighted by Crippen LogP contribution is -2.51. The van der Waals surface area contributed by atoms with Crippen molar-refractivity contribution in [1.29, 1.82) is 0 Å². The molecule has 3 rings (SSSR count). The van der Waals surface area contributed by atoms with Crippen LogP contribution in [0.15, 0.2) is 83.8 Å². The van der Waals surface area contributed by atoms with E-state index in [1.54, 1.807) is 4.90 Å². The molecule has 3 aromatic carbocycles. The van der Waals surface area contributed by atoms with E-state index in [2.05, 4.69) is 5.32 Å². The monoisotopic (exact) mass is 460 g/mol. The van der Waals surface area contributed by atoms with E-state index in [-0.39, 0.29) is 17.6 Å². The molecular weight excluding hydrogens is 428 g/mol. The molecule has 33 heavy (non-hydrogen) atoms. The minimum Gasteiger partial charge on any atom is -0.355 e. The molecule has 3 aromatic rings. The molecule has 172 valence electrons. The molecule has 0 radical (unpaired) electrons. The van der Waals surface area contributed by atoms with E-state index in [0.29, 0.717) is 19.5 Å². The first-order chi connectivity index (χ1) is 16.0. The van der Waals surface area contributed by atoms with Gasteiger partial charge >= 0.3 is 0 Å². The Morgan fingerprint density at radius 3 is 2.06 bits per heavy atom. The number of nitrogens with one attached hydrogen (secondary N) is 1. The topological polar surface area (TPSA) is 49.4 Å². The van der Waals surface area contributed by atoms with E-state index in [1.807, 2.05) is 99.6 Å². The van der Waals surface area contributed by atoms with Crippen molar-refractivity contribution in [2.45, 2.75) is 44.7 Å². The van der Waals surface area contributed by atoms with Crippen molar-refractivity contribution < 1.29 is 9.59 Å². The van der Waals surface area contributed by atoms with Crippen molar-refractivity contribution >= 4 is 23.6 Å². The van der Waals surface area contributed by atoms with E-state index in [9.17, 15) is 9.59 Å². The molecule has 0 saturated carbocycles. The highest BCUT2D eigenvalue weighted by Crippen LogP contribution is 2.21. The van der Waals surface area contributed by atoms with Gasteiger partial charge in [-0.25, -0.2) is 0 Å². The average Bonchev–Trinajstić information content (AvgIpc) is 2.82. The summed E-state index contributed by atoms with van der Waals surface area (Å²) in [6, 6.07) is 25.6. The average molecular weight is 461 g/mol. The highest BCUT2D eigenvalue weighted by Gasteiger charge is 2.30. The molecule has 0 aromatic heterocycles. The first-order valence-corrected chi connectivity index (χ1v) is 12.3. The van der Waals surface area contributed by atoms with Gasteiger partial charge in [0.2, 0.25) is 11.8 Å². The van der Waals surface area contributed by atoms with Crippen molar-refractivity contribution in [3.05, 3.63) is 101 Å². The number of hydrogen-bond acceptors (Lipinski definition) is 3. The van der Waals surface area contributed by atoms with Gasteiger partial charge in [0.25, 0.3) is 0 Å². The van der Waals surface area contributed by atoms with Crippen LogP contribution in [0.4, 0.5) is 0 Å². The van der Waals surface area contributed by atoms with Crippen molar-refractivity contribution in [2.24, 2.45) is 0 Å². The number of amides is 2. The summed E-state index contributed by atoms with van der Waals surface area (Å²) in [5.74, 6) is 0.107. The Morgan fingerprint density at radius 2 is 1.45 bits per heavy atom. The molecule has 0 unspecified atom stereocenters. The fraction of sp³-hybridized carbons (Fsp3) is 0.286. The van der Waals surface area contributed by atoms with Crippen LogP contribution in [0.1, 0.15) is 29.2 Å². The molecule has 0 aliphatic carbocycles. The summed E-state index contributed by atoms with van der Waals surface area (Å²) in [7, 11) is 0. The second-order valence-corrected chi connectivity index (χ2v) is 9.26. The quantitative estimate of drug-likeness (QED) is 0.425. The molecule has 4 nitrogen and oxygen atoms in total. The normalized spacial score (nSPS) is 11.6. The van der Waals surface area contributed by atoms with Gasteiger partial charge in [0.05, 0.1) is 5.75 Å². The van der Waals surface area contributed by atoms with Crippen LogP contribution in [-0.4, -0.2) is 35.1 Å². The van der Waals surface area contributed by atoms with E-state index in [1.165, 1.54) is 17.3 Å². The third-order valence-corrected chi connectivity index (χ3v) is 6.48. The van der Waals surface area contributed by atoms with Gasteiger partial charge in [-0.05, 0) is 44.0 Å². The zero-order chi connectivity index (χ0) is 23.6. The first kappa shape index (κ1) is 24.6. The number of aryl methyl sites for hydroxylation is 2. The number of carbonyl (C=O) groups is 2. The zero-order valence-corrected chi connectivity index (χ0v) is 20.4. The summed E-state index contributed by atoms with van der Waals surface area (Å²) in [6.45, 7) is 6.90. The van der Waals surface area contributed by atoms with Gasteiger partial charge < -0.3 is 10.2 Å². The molecule has 1 N–H and O–H groups in total. The molecule has 0 saturated heterocycles. The fourth-order valence-corrected chi connectivity index (χ4v) is 4.38. The van der Waals surface area contributed by atoms with Gasteiger partial charge in [-0.15, -0.1) is 11.8 Å². The molecule has 0 aliphatic heterocycles. The van der Waals surface area contributed by atoms with Crippen molar-refractivity contribution in [1.82, 2.24) is 10.2 Å². The summed E-state index contributed by atoms with van der Waals surface area (Å²) in [5.41, 5.74) is 4.39. The van der Waals surface area contributed by atoms with E-state index in [4.69, 9.17) is 0 Å². The molecule has 5 heteroatoms. The molecule has 0 bridgehead atoms. The summed E-state index contributed by atoms with van der Waals surface area (Å²) in [6.07, 6.45) is 0.472. The Kier molecular flexibility index (Phi) is 9.14. The van der Waals surface area contributed by atoms with Gasteiger partial charge in [0.15, 0.2) is 0 Å². The number of nitrogens with zero attached hydrogens (tertiary/aromatic N) is 1. The lowest BCUT2D eigenvalue weighted by atomic mass is 10.0. The minimum atomic E-state index is -0.584. The van der Waals surface area contributed by atoms with Crippen LogP contribution in [0.2, 0.25) is 0 Å². The number of carbonyl (C=O) groups excluding carboxylic acids is 2. The van der Waals surface area contributed by atoms with Gasteiger partial charge in [-0.2, -0.15) is 0 Å². The molecule has 1 atom stereocenters. The van der Waals surface area contributed by atoms with Crippen LogP contribution < -0.4 is 5.32 Å². The van der Waals surface area contributed by atoms with Crippen LogP contribution in [0.3, 0.4) is 0 Å². The number of thioether (sulfide) groups is 1. The predicted octanol–water partition coefficient (Wildman–Crippen LogP) is 5.17. The SMILES string of the molecule is CCNC(=O)[C@H](Cc1ccccc1)N(Cc1ccc(C)cc1)C(=O)CSc1ccc(C)cc1. The molecule has 2 amide bonds. The Morgan fingerprint density at radius 1 is 0.848 bits per heavy atom. The van der Waals surface area contributed by atoms with Crippen LogP contribution >= 0.6 is 11.8 Å². The standard InChI is InChI=1S/C28H32N2O2S/c1-4-29-28(32)26(18-23-8-6-5-7-9-23)30(19-24-14-10-21(2)11-15-24)27(31)20-33-25-16-12-22(3)13-17-25/h5-17,26H,4,18-20H2,1-3H3,(H,29,32)/t26-/m0/s1. The van der Waals surface area contributed by atoms with E-state index in [0.717, 1.165) is 21.6 Å². The van der Waals surface area contributed by atoms with Gasteiger partial charge in [0, 0.05) is 24.4 Å². The molecule has 0 heterocycles. The Balaban J connectivity index is 1.87. The Labute approximate surface area is 201 Å². The summed E-state index contributed by atoms with van der Waals surface area (Å²) in [4.78, 5) is 29.4. The number of hydrogen-bond donors (Lipinski definition) is 1. The molecule has 0 fully saturated rings. The van der Waals surface area contributed by atoms with E-state index >= 15 is 0 Å². The Hall–Kier alpha value is -3.05. The second-order valence-electron chi connectivity index (χ2n) is 8.21. The molecule has 0 spiro atoms. The van der Waals surface area contributed by atoms with Crippen molar-refractivity contribution in [2.75, 3.05) is 12.3 Å². The lowest BCUT2D eigenvalue weighted by Gasteiger charge is -2.31. The maximum Gasteiger partial charge on any atom is 0.243 e. The Bertz CT molecular complexity index is 1030. The predicted molar refractivity (Wildman–Crippen MR) is 136 cm³/mol. The summed E-state index contributed by atoms with van der Waals surface area (Å²) >= 11 is 1.50. The number of likely N-dealkylation sites (N-methyl/N-ethyl adjacent to an activating group) is 1. The highest BCUT2D eigenvalue weighted by molar-refractivity contribution is 8.00. The maximum atomic E-state index is 13.5. The summed E-state index contributed by atoms with van der Waals surface area (Å²) < 4.78 is 0. The van der Waals surface area contributed by atoms with Crippen LogP contribution in [0, 0.1) is 13.8 Å². The minimum absolute atomic E-state index is 0.0478. The van der Waals surface area contributed by atoms with Crippen LogP contribution in [0.5, 0.6) is 0 Å². The molecular formula is C28H32N2O2S. The van der Waals surface area contributed by atoms with Crippen molar-refractivity contribution in [3.63, 3.8) is 0 Å². The van der Waals surface area contributed by atoms with E-state index < -0.39 is 6.04 Å². The molecule has 0 aliphatic rings. The van der Waals surface area contributed by atoms with Gasteiger partial charge in [-0.1, -0.05) is 77.9 Å². The van der Waals surface area contributed by atoms with Crippen LogP contribution in [0.25, 0.3) is 0 Å². The smallest absolute Gasteiger partial charge is 0.243 e. The zero-order valence-electron chi connectivity index (χ0n) is 19.6. The number of benzene rings is 3. The first-order valence-electron chi connectivity index (χ1n) is 11.3. The maximum absolute atomic E-state index is 13.5. The lowest BCUT2D eigenvalue weighted by molar-refractivity contribution is -0.139. The third-order valence-electron chi connectivity index (χ3n) is 5.48. The fourth-order valence-electron chi connectivity index (χ4n) is 3.60.